The van der Waals surface area contributed by atoms with Crippen LogP contribution in [0.5, 0.6) is 0 Å². The summed E-state index contributed by atoms with van der Waals surface area (Å²) in [7, 11) is 0.971. The molecule has 0 bridgehead atoms. The quantitative estimate of drug-likeness (QED) is 0.211. The van der Waals surface area contributed by atoms with Crippen molar-refractivity contribution in [2.45, 2.75) is 60.2 Å². The lowest BCUT2D eigenvalue weighted by Crippen LogP contribution is -2.48. The van der Waals surface area contributed by atoms with Gasteiger partial charge >= 0.3 is 6.18 Å². The summed E-state index contributed by atoms with van der Waals surface area (Å²) in [5.41, 5.74) is 5.61. The van der Waals surface area contributed by atoms with Gasteiger partial charge in [-0.05, 0) is 45.4 Å². The zero-order valence-corrected chi connectivity index (χ0v) is 22.9. The van der Waals surface area contributed by atoms with Crippen molar-refractivity contribution >= 4 is 18.6 Å². The fourth-order valence-electron chi connectivity index (χ4n) is 5.10. The topological polar surface area (TPSA) is 16.1 Å². The molecule has 1 aromatic heterocycles. The molecule has 0 amide bonds. The highest BCUT2D eigenvalue weighted by molar-refractivity contribution is 6.51. The molecular formula is C30H40BF3N3+. The van der Waals surface area contributed by atoms with Gasteiger partial charge in [0.2, 0.25) is 0 Å². The van der Waals surface area contributed by atoms with E-state index >= 15 is 0 Å². The zero-order chi connectivity index (χ0) is 27.1. The number of rotatable bonds is 12. The Kier molecular flexibility index (Phi) is 9.83. The number of hydrogen-bond acceptors (Lipinski definition) is 2. The monoisotopic (exact) mass is 510 g/mol. The third-order valence-corrected chi connectivity index (χ3v) is 7.41. The van der Waals surface area contributed by atoms with E-state index in [4.69, 9.17) is 0 Å². The van der Waals surface area contributed by atoms with E-state index in [1.165, 1.54) is 28.2 Å². The van der Waals surface area contributed by atoms with Gasteiger partial charge in [-0.25, -0.2) is 4.98 Å². The van der Waals surface area contributed by atoms with Crippen molar-refractivity contribution in [3.05, 3.63) is 88.6 Å². The lowest BCUT2D eigenvalue weighted by molar-refractivity contribution is -0.937. The third-order valence-electron chi connectivity index (χ3n) is 7.41. The Morgan fingerprint density at radius 3 is 2.05 bits per heavy atom. The number of hydrogen-bond donors (Lipinski definition) is 0. The van der Waals surface area contributed by atoms with Crippen LogP contribution in [0.15, 0.2) is 60.8 Å². The van der Waals surface area contributed by atoms with Crippen LogP contribution in [0.1, 0.15) is 48.1 Å². The summed E-state index contributed by atoms with van der Waals surface area (Å²) in [6.45, 7) is 16.3. The fraction of sp³-hybridized carbons (Fsp3) is 0.433. The van der Waals surface area contributed by atoms with Gasteiger partial charge in [0.15, 0.2) is 7.28 Å². The highest BCUT2D eigenvalue weighted by atomic mass is 19.4. The van der Waals surface area contributed by atoms with Crippen LogP contribution in [-0.4, -0.2) is 42.9 Å². The number of alkyl halides is 3. The highest BCUT2D eigenvalue weighted by Crippen LogP contribution is 2.29. The minimum atomic E-state index is -4.39. The molecule has 1 heterocycles. The maximum atomic E-state index is 13.1. The minimum absolute atomic E-state index is 0.577. The Morgan fingerprint density at radius 2 is 1.54 bits per heavy atom. The molecule has 0 aliphatic carbocycles. The second-order valence-corrected chi connectivity index (χ2v) is 10.2. The van der Waals surface area contributed by atoms with Gasteiger partial charge in [0.1, 0.15) is 12.4 Å². The molecule has 3 nitrogen and oxygen atoms in total. The van der Waals surface area contributed by atoms with Crippen LogP contribution in [0.2, 0.25) is 6.82 Å². The maximum Gasteiger partial charge on any atom is 0.417 e. The number of anilines is 1. The molecule has 198 valence electrons. The number of halogens is 3. The summed E-state index contributed by atoms with van der Waals surface area (Å²) < 4.78 is 40.3. The number of nitrogens with zero attached hydrogens (tertiary/aromatic N) is 3. The molecule has 0 fully saturated rings. The third kappa shape index (κ3) is 8.09. The van der Waals surface area contributed by atoms with Crippen LogP contribution in [-0.2, 0) is 19.3 Å². The molecule has 0 radical (unpaired) electrons. The molecule has 7 heteroatoms. The molecule has 0 saturated heterocycles. The smallest absolute Gasteiger partial charge is 0.352 e. The van der Waals surface area contributed by atoms with Crippen molar-refractivity contribution in [1.82, 2.24) is 4.98 Å². The molecule has 0 saturated carbocycles. The molecule has 0 spiro atoms. The summed E-state index contributed by atoms with van der Waals surface area (Å²) in [4.78, 5) is 6.33. The molecule has 0 aliphatic heterocycles. The summed E-state index contributed by atoms with van der Waals surface area (Å²) in [5, 5.41) is 0. The van der Waals surface area contributed by atoms with E-state index in [2.05, 4.69) is 86.9 Å². The largest absolute Gasteiger partial charge is 0.417 e. The average Bonchev–Trinajstić information content (AvgIpc) is 2.87. The average molecular weight is 510 g/mol. The van der Waals surface area contributed by atoms with Crippen molar-refractivity contribution < 1.29 is 17.7 Å². The molecule has 2 aromatic carbocycles. The molecule has 0 unspecified atom stereocenters. The van der Waals surface area contributed by atoms with Crippen molar-refractivity contribution in [3.63, 3.8) is 0 Å². The van der Waals surface area contributed by atoms with Gasteiger partial charge in [-0.2, -0.15) is 13.2 Å². The molecule has 3 aromatic rings. The van der Waals surface area contributed by atoms with Gasteiger partial charge in [-0.15, -0.1) is 0 Å². The molecule has 3 rings (SSSR count). The van der Waals surface area contributed by atoms with E-state index < -0.39 is 11.7 Å². The SMILES string of the molecule is CBc1ccc(CN(CCC[N+](CC)(CC)Cc2cc(C)cc(C)c2)c2ccc(C(F)(F)F)cn2)cc1. The summed E-state index contributed by atoms with van der Waals surface area (Å²) in [5.74, 6) is 0.577. The Morgan fingerprint density at radius 1 is 0.892 bits per heavy atom. The van der Waals surface area contributed by atoms with Crippen LogP contribution in [0, 0.1) is 13.8 Å². The second kappa shape index (κ2) is 12.6. The molecule has 0 aliphatic rings. The van der Waals surface area contributed by atoms with E-state index in [1.54, 1.807) is 0 Å². The number of pyridine rings is 1. The van der Waals surface area contributed by atoms with E-state index in [0.717, 1.165) is 68.7 Å². The van der Waals surface area contributed by atoms with Gasteiger partial charge in [0, 0.05) is 31.3 Å². The Balaban J connectivity index is 1.78. The standard InChI is InChI=1S/C30H40BF3N3/c1-6-37(7-2,22-26-18-23(3)17-24(4)19-26)16-8-15-36(21-25-9-12-28(31-5)13-10-25)29-14-11-27(20-35-29)30(32,33)34/h9-14,17-20,31H,6-8,15-16,21-22H2,1-5H3/q+1. The molecule has 0 atom stereocenters. The number of aryl methyl sites for hydroxylation is 2. The molecule has 37 heavy (non-hydrogen) atoms. The van der Waals surface area contributed by atoms with E-state index in [0.29, 0.717) is 12.4 Å². The Hall–Kier alpha value is -2.80. The van der Waals surface area contributed by atoms with Crippen molar-refractivity contribution in [3.8, 4) is 0 Å². The molecular weight excluding hydrogens is 470 g/mol. The van der Waals surface area contributed by atoms with Gasteiger partial charge in [0.25, 0.3) is 0 Å². The first-order chi connectivity index (χ1) is 17.6. The number of aromatic nitrogens is 1. The summed E-state index contributed by atoms with van der Waals surface area (Å²) >= 11 is 0. The van der Waals surface area contributed by atoms with Crippen molar-refractivity contribution in [1.29, 1.82) is 0 Å². The summed E-state index contributed by atoms with van der Waals surface area (Å²) in [6.07, 6.45) is -2.52. The van der Waals surface area contributed by atoms with Crippen molar-refractivity contribution in [2.24, 2.45) is 0 Å². The van der Waals surface area contributed by atoms with E-state index in [-0.39, 0.29) is 0 Å². The van der Waals surface area contributed by atoms with Crippen LogP contribution >= 0.6 is 0 Å². The number of quaternary nitrogens is 1. The number of benzene rings is 2. The van der Waals surface area contributed by atoms with Gasteiger partial charge in [0.05, 0.1) is 25.2 Å². The highest BCUT2D eigenvalue weighted by Gasteiger charge is 2.31. The van der Waals surface area contributed by atoms with Gasteiger partial charge in [-0.3, -0.25) is 0 Å². The van der Waals surface area contributed by atoms with Crippen molar-refractivity contribution in [2.75, 3.05) is 31.1 Å². The minimum Gasteiger partial charge on any atom is -0.352 e. The maximum absolute atomic E-state index is 13.1. The normalized spacial score (nSPS) is 12.0. The predicted octanol–water partition coefficient (Wildman–Crippen LogP) is 6.28. The van der Waals surface area contributed by atoms with Crippen LogP contribution in [0.3, 0.4) is 0 Å². The van der Waals surface area contributed by atoms with Crippen LogP contribution < -0.4 is 10.4 Å². The lowest BCUT2D eigenvalue weighted by Gasteiger charge is -2.38. The van der Waals surface area contributed by atoms with Crippen LogP contribution in [0.25, 0.3) is 0 Å². The first kappa shape index (κ1) is 28.8. The Bertz CT molecular complexity index is 1100. The summed E-state index contributed by atoms with van der Waals surface area (Å²) in [6, 6.07) is 17.9. The predicted molar refractivity (Wildman–Crippen MR) is 150 cm³/mol. The Labute approximate surface area is 221 Å². The molecule has 0 N–H and O–H groups in total. The lowest BCUT2D eigenvalue weighted by atomic mass is 9.73. The first-order valence-electron chi connectivity index (χ1n) is 13.4. The van der Waals surface area contributed by atoms with Gasteiger partial charge < -0.3 is 9.38 Å². The van der Waals surface area contributed by atoms with E-state index in [9.17, 15) is 13.2 Å². The first-order valence-corrected chi connectivity index (χ1v) is 13.4. The fourth-order valence-corrected chi connectivity index (χ4v) is 5.10. The van der Waals surface area contributed by atoms with E-state index in [1.807, 2.05) is 0 Å². The zero-order valence-electron chi connectivity index (χ0n) is 22.9. The second-order valence-electron chi connectivity index (χ2n) is 10.2. The van der Waals surface area contributed by atoms with Crippen LogP contribution in [0.4, 0.5) is 19.0 Å². The van der Waals surface area contributed by atoms with Gasteiger partial charge in [-0.1, -0.05) is 65.9 Å².